The number of aryl methyl sites for hydroxylation is 2. The molecule has 1 aliphatic rings. The molecule has 1 amide bonds. The van der Waals surface area contributed by atoms with E-state index in [-0.39, 0.29) is 23.4 Å². The van der Waals surface area contributed by atoms with Gasteiger partial charge in [0, 0.05) is 12.5 Å². The number of carbonyl (C=O) groups is 1. The summed E-state index contributed by atoms with van der Waals surface area (Å²) in [6.45, 7) is 10.9. The van der Waals surface area contributed by atoms with E-state index in [1.807, 2.05) is 68.1 Å². The summed E-state index contributed by atoms with van der Waals surface area (Å²) < 4.78 is 1.73. The van der Waals surface area contributed by atoms with Gasteiger partial charge in [0.2, 0.25) is 5.91 Å². The maximum Gasteiger partial charge on any atom is 0.266 e. The highest BCUT2D eigenvalue weighted by Gasteiger charge is 2.34. The molecular formula is C27H33N3O2. The monoisotopic (exact) mass is 431 g/mol. The molecule has 1 aromatic heterocycles. The van der Waals surface area contributed by atoms with Crippen LogP contribution >= 0.6 is 0 Å². The van der Waals surface area contributed by atoms with Crippen molar-refractivity contribution >= 4 is 16.8 Å². The predicted octanol–water partition coefficient (Wildman–Crippen LogP) is 5.35. The molecule has 5 heteroatoms. The van der Waals surface area contributed by atoms with Crippen LogP contribution in [0.5, 0.6) is 0 Å². The van der Waals surface area contributed by atoms with Crippen molar-refractivity contribution in [1.29, 1.82) is 0 Å². The van der Waals surface area contributed by atoms with Gasteiger partial charge >= 0.3 is 0 Å². The third-order valence-corrected chi connectivity index (χ3v) is 6.55. The number of benzene rings is 2. The third-order valence-electron chi connectivity index (χ3n) is 6.55. The van der Waals surface area contributed by atoms with E-state index in [4.69, 9.17) is 4.98 Å². The molecule has 168 valence electrons. The Bertz CT molecular complexity index is 1210. The number of carbonyl (C=O) groups excluding carboxylic acids is 1. The summed E-state index contributed by atoms with van der Waals surface area (Å²) in [5.74, 6) is 1.23. The highest BCUT2D eigenvalue weighted by atomic mass is 16.2. The van der Waals surface area contributed by atoms with E-state index in [2.05, 4.69) is 13.8 Å². The standard InChI is InChI=1S/C27H33N3O2/c1-17(2)16-29(26(31)21-9-8-10-21)20(5)25-28-23-12-7-6-11-22(23)27(32)30(25)24-15-18(3)13-14-19(24)4/h6-7,11-15,17,20-21H,8-10,16H2,1-5H3. The number of hydrogen-bond donors (Lipinski definition) is 0. The van der Waals surface area contributed by atoms with E-state index in [0.717, 1.165) is 36.1 Å². The number of fused-ring (bicyclic) bond motifs is 1. The van der Waals surface area contributed by atoms with Gasteiger partial charge in [0.25, 0.3) is 5.56 Å². The van der Waals surface area contributed by atoms with Crippen LogP contribution in [0.2, 0.25) is 0 Å². The van der Waals surface area contributed by atoms with Crippen LogP contribution in [0.1, 0.15) is 63.0 Å². The molecule has 0 aliphatic heterocycles. The molecule has 1 saturated carbocycles. The van der Waals surface area contributed by atoms with Gasteiger partial charge in [-0.2, -0.15) is 0 Å². The lowest BCUT2D eigenvalue weighted by atomic mass is 9.84. The molecule has 1 atom stereocenters. The maximum absolute atomic E-state index is 13.8. The van der Waals surface area contributed by atoms with E-state index in [0.29, 0.717) is 29.2 Å². The molecule has 0 N–H and O–H groups in total. The van der Waals surface area contributed by atoms with Gasteiger partial charge in [0.15, 0.2) is 0 Å². The number of nitrogens with zero attached hydrogens (tertiary/aromatic N) is 3. The minimum Gasteiger partial charge on any atom is -0.332 e. The molecule has 1 unspecified atom stereocenters. The van der Waals surface area contributed by atoms with Crippen LogP contribution in [0.4, 0.5) is 0 Å². The van der Waals surface area contributed by atoms with Crippen LogP contribution in [0.25, 0.3) is 16.6 Å². The second kappa shape index (κ2) is 8.89. The number of hydrogen-bond acceptors (Lipinski definition) is 3. The van der Waals surface area contributed by atoms with E-state index in [9.17, 15) is 9.59 Å². The van der Waals surface area contributed by atoms with Crippen molar-refractivity contribution in [3.05, 3.63) is 69.8 Å². The summed E-state index contributed by atoms with van der Waals surface area (Å²) in [5, 5.41) is 0.588. The molecule has 0 saturated heterocycles. The van der Waals surface area contributed by atoms with Crippen molar-refractivity contribution < 1.29 is 4.79 Å². The Hall–Kier alpha value is -2.95. The van der Waals surface area contributed by atoms with Crippen LogP contribution in [0.3, 0.4) is 0 Å². The molecule has 0 radical (unpaired) electrons. The van der Waals surface area contributed by atoms with Gasteiger partial charge in [-0.25, -0.2) is 4.98 Å². The molecule has 0 spiro atoms. The summed E-state index contributed by atoms with van der Waals surface area (Å²) in [5.41, 5.74) is 3.49. The fourth-order valence-corrected chi connectivity index (χ4v) is 4.48. The molecule has 1 heterocycles. The van der Waals surface area contributed by atoms with E-state index in [1.54, 1.807) is 4.57 Å². The summed E-state index contributed by atoms with van der Waals surface area (Å²) in [6.07, 6.45) is 3.02. The molecule has 32 heavy (non-hydrogen) atoms. The Labute approximate surface area is 190 Å². The lowest BCUT2D eigenvalue weighted by molar-refractivity contribution is -0.141. The van der Waals surface area contributed by atoms with Crippen LogP contribution in [-0.2, 0) is 4.79 Å². The molecule has 1 aliphatic carbocycles. The first-order valence-corrected chi connectivity index (χ1v) is 11.7. The van der Waals surface area contributed by atoms with Gasteiger partial charge in [-0.05, 0) is 68.9 Å². The number of rotatable bonds is 6. The summed E-state index contributed by atoms with van der Waals surface area (Å²) in [4.78, 5) is 34.1. The molecule has 3 aromatic rings. The number of para-hydroxylation sites is 1. The first kappa shape index (κ1) is 22.3. The van der Waals surface area contributed by atoms with Gasteiger partial charge in [0.1, 0.15) is 5.82 Å². The normalized spacial score (nSPS) is 15.1. The summed E-state index contributed by atoms with van der Waals surface area (Å²) in [7, 11) is 0. The van der Waals surface area contributed by atoms with Gasteiger partial charge < -0.3 is 4.90 Å². The van der Waals surface area contributed by atoms with Gasteiger partial charge in [-0.3, -0.25) is 14.2 Å². The van der Waals surface area contributed by atoms with E-state index >= 15 is 0 Å². The third kappa shape index (κ3) is 4.08. The first-order valence-electron chi connectivity index (χ1n) is 11.7. The molecule has 5 nitrogen and oxygen atoms in total. The Morgan fingerprint density at radius 3 is 2.50 bits per heavy atom. The van der Waals surface area contributed by atoms with Crippen molar-refractivity contribution in [3.63, 3.8) is 0 Å². The fraction of sp³-hybridized carbons (Fsp3) is 0.444. The second-order valence-corrected chi connectivity index (χ2v) is 9.61. The Morgan fingerprint density at radius 2 is 1.84 bits per heavy atom. The SMILES string of the molecule is Cc1ccc(C)c(-n2c(C(C)N(CC(C)C)C(=O)C3CCC3)nc3ccccc3c2=O)c1. The topological polar surface area (TPSA) is 55.2 Å². The van der Waals surface area contributed by atoms with Gasteiger partial charge in [-0.15, -0.1) is 0 Å². The zero-order valence-electron chi connectivity index (χ0n) is 19.8. The fourth-order valence-electron chi connectivity index (χ4n) is 4.48. The zero-order chi connectivity index (χ0) is 23.0. The Kier molecular flexibility index (Phi) is 6.18. The van der Waals surface area contributed by atoms with Crippen molar-refractivity contribution in [2.75, 3.05) is 6.54 Å². The molecule has 1 fully saturated rings. The Balaban J connectivity index is 1.94. The number of aromatic nitrogens is 2. The first-order chi connectivity index (χ1) is 15.3. The highest BCUT2D eigenvalue weighted by molar-refractivity contribution is 5.81. The largest absolute Gasteiger partial charge is 0.332 e. The van der Waals surface area contributed by atoms with Crippen LogP contribution in [0, 0.1) is 25.7 Å². The summed E-state index contributed by atoms with van der Waals surface area (Å²) >= 11 is 0. The van der Waals surface area contributed by atoms with Crippen molar-refractivity contribution in [2.24, 2.45) is 11.8 Å². The van der Waals surface area contributed by atoms with Crippen LogP contribution in [0.15, 0.2) is 47.3 Å². The predicted molar refractivity (Wildman–Crippen MR) is 129 cm³/mol. The van der Waals surface area contributed by atoms with Crippen molar-refractivity contribution in [1.82, 2.24) is 14.5 Å². The molecule has 2 aromatic carbocycles. The van der Waals surface area contributed by atoms with Gasteiger partial charge in [-0.1, -0.05) is 44.5 Å². The van der Waals surface area contributed by atoms with Crippen LogP contribution in [-0.4, -0.2) is 26.9 Å². The quantitative estimate of drug-likeness (QED) is 0.529. The molecule has 4 rings (SSSR count). The van der Waals surface area contributed by atoms with E-state index < -0.39 is 0 Å². The van der Waals surface area contributed by atoms with Gasteiger partial charge in [0.05, 0.1) is 22.6 Å². The zero-order valence-corrected chi connectivity index (χ0v) is 19.8. The Morgan fingerprint density at radius 1 is 1.12 bits per heavy atom. The molecular weight excluding hydrogens is 398 g/mol. The lowest BCUT2D eigenvalue weighted by Gasteiger charge is -2.37. The lowest BCUT2D eigenvalue weighted by Crippen LogP contribution is -2.44. The number of amides is 1. The minimum atomic E-state index is -0.317. The van der Waals surface area contributed by atoms with Crippen LogP contribution < -0.4 is 5.56 Å². The maximum atomic E-state index is 13.8. The van der Waals surface area contributed by atoms with Crippen molar-refractivity contribution in [2.45, 2.75) is 59.9 Å². The van der Waals surface area contributed by atoms with Crippen molar-refractivity contribution in [3.8, 4) is 5.69 Å². The van der Waals surface area contributed by atoms with E-state index in [1.165, 1.54) is 0 Å². The molecule has 0 bridgehead atoms. The highest BCUT2D eigenvalue weighted by Crippen LogP contribution is 2.32. The second-order valence-electron chi connectivity index (χ2n) is 9.61. The summed E-state index contributed by atoms with van der Waals surface area (Å²) in [6, 6.07) is 13.3. The smallest absolute Gasteiger partial charge is 0.266 e. The average Bonchev–Trinajstić information content (AvgIpc) is 2.72. The minimum absolute atomic E-state index is 0.0910. The average molecular weight is 432 g/mol.